The topological polar surface area (TPSA) is 108 Å². The fourth-order valence-electron chi connectivity index (χ4n) is 1.43. The van der Waals surface area contributed by atoms with E-state index in [4.69, 9.17) is 15.1 Å². The Labute approximate surface area is 109 Å². The molecule has 0 heterocycles. The van der Waals surface area contributed by atoms with Gasteiger partial charge < -0.3 is 20.2 Å². The summed E-state index contributed by atoms with van der Waals surface area (Å²) in [6, 6.07) is 11.5. The maximum Gasteiger partial charge on any atom is 0.402 e. The molecular formula is C12H11BN2O4-2. The minimum atomic E-state index is -3.49. The molecule has 0 radical (unpaired) electrons. The Bertz CT molecular complexity index is 576. The van der Waals surface area contributed by atoms with E-state index in [1.165, 1.54) is 36.4 Å². The summed E-state index contributed by atoms with van der Waals surface area (Å²) in [6.45, 7) is -3.49. The predicted molar refractivity (Wildman–Crippen MR) is 68.6 cm³/mol. The van der Waals surface area contributed by atoms with Gasteiger partial charge in [0.15, 0.2) is 0 Å². The van der Waals surface area contributed by atoms with Crippen LogP contribution in [0.5, 0.6) is 5.75 Å². The van der Waals surface area contributed by atoms with Crippen molar-refractivity contribution >= 4 is 23.6 Å². The monoisotopic (exact) mass is 258 g/mol. The van der Waals surface area contributed by atoms with Gasteiger partial charge in [-0.3, -0.25) is 0 Å². The van der Waals surface area contributed by atoms with Crippen LogP contribution < -0.4 is 10.6 Å². The summed E-state index contributed by atoms with van der Waals surface area (Å²) >= 11 is 0. The summed E-state index contributed by atoms with van der Waals surface area (Å²) in [7, 11) is 0. The van der Waals surface area contributed by atoms with E-state index >= 15 is 0 Å². The van der Waals surface area contributed by atoms with Gasteiger partial charge in [-0.25, -0.2) is 0 Å². The van der Waals surface area contributed by atoms with E-state index in [2.05, 4.69) is 10.2 Å². The van der Waals surface area contributed by atoms with Crippen LogP contribution in [-0.4, -0.2) is 21.8 Å². The van der Waals surface area contributed by atoms with Crippen molar-refractivity contribution < 1.29 is 20.2 Å². The normalized spacial score (nSPS) is 11.9. The van der Waals surface area contributed by atoms with Gasteiger partial charge in [0.2, 0.25) is 0 Å². The third-order valence-corrected chi connectivity index (χ3v) is 2.46. The highest BCUT2D eigenvalue weighted by atomic mass is 16.5. The van der Waals surface area contributed by atoms with Crippen LogP contribution in [0.3, 0.4) is 0 Å². The van der Waals surface area contributed by atoms with Crippen LogP contribution in [0.4, 0.5) is 11.4 Å². The van der Waals surface area contributed by atoms with Gasteiger partial charge in [-0.1, -0.05) is 24.3 Å². The summed E-state index contributed by atoms with van der Waals surface area (Å²) in [5.41, 5.74) is 1.01. The molecule has 0 unspecified atom stereocenters. The molecule has 0 aliphatic heterocycles. The number of nitrogens with zero attached hydrogens (tertiary/aromatic N) is 2. The fraction of sp³-hybridized carbons (Fsp3) is 0. The molecule has 6 nitrogen and oxygen atoms in total. The molecule has 0 bridgehead atoms. The number of hydrogen-bond donors (Lipinski definition) is 3. The second-order valence-electron chi connectivity index (χ2n) is 4.02. The Morgan fingerprint density at radius 2 is 1.16 bits per heavy atom. The smallest absolute Gasteiger partial charge is 0.402 e. The Balaban J connectivity index is 2.13. The minimum Gasteiger partial charge on any atom is -0.872 e. The molecule has 2 aromatic rings. The number of rotatable bonds is 3. The first kappa shape index (κ1) is 13.2. The van der Waals surface area contributed by atoms with Crippen LogP contribution in [0.1, 0.15) is 0 Å². The van der Waals surface area contributed by atoms with Gasteiger partial charge in [0, 0.05) is 0 Å². The molecule has 0 aliphatic carbocycles. The summed E-state index contributed by atoms with van der Waals surface area (Å²) in [5, 5.41) is 45.7. The first-order chi connectivity index (χ1) is 8.95. The summed E-state index contributed by atoms with van der Waals surface area (Å²) in [4.78, 5) is 0. The van der Waals surface area contributed by atoms with Gasteiger partial charge in [-0.2, -0.15) is 10.2 Å². The lowest BCUT2D eigenvalue weighted by atomic mass is 9.71. The largest absolute Gasteiger partial charge is 0.872 e. The summed E-state index contributed by atoms with van der Waals surface area (Å²) in [6.07, 6.45) is 0. The molecule has 7 heteroatoms. The van der Waals surface area contributed by atoms with E-state index in [0.29, 0.717) is 11.4 Å². The molecule has 0 saturated carbocycles. The lowest BCUT2D eigenvalue weighted by Gasteiger charge is -2.20. The van der Waals surface area contributed by atoms with E-state index in [1.807, 2.05) is 0 Å². The average molecular weight is 258 g/mol. The van der Waals surface area contributed by atoms with Crippen molar-refractivity contribution in [2.75, 3.05) is 0 Å². The maximum atomic E-state index is 10.9. The quantitative estimate of drug-likeness (QED) is 0.543. The molecule has 2 aromatic carbocycles. The molecule has 3 N–H and O–H groups in total. The van der Waals surface area contributed by atoms with Gasteiger partial charge in [-0.05, 0) is 24.3 Å². The van der Waals surface area contributed by atoms with E-state index < -0.39 is 6.75 Å². The first-order valence-electron chi connectivity index (χ1n) is 5.56. The molecule has 0 spiro atoms. The van der Waals surface area contributed by atoms with Crippen LogP contribution in [0.2, 0.25) is 0 Å². The van der Waals surface area contributed by atoms with Crippen LogP contribution in [-0.2, 0) is 0 Å². The van der Waals surface area contributed by atoms with Crippen molar-refractivity contribution in [2.24, 2.45) is 10.2 Å². The van der Waals surface area contributed by atoms with Gasteiger partial charge in [0.05, 0.1) is 11.4 Å². The summed E-state index contributed by atoms with van der Waals surface area (Å²) < 4.78 is 0. The fourth-order valence-corrected chi connectivity index (χ4v) is 1.43. The molecule has 0 fully saturated rings. The Morgan fingerprint density at radius 3 is 1.58 bits per heavy atom. The highest BCUT2D eigenvalue weighted by Crippen LogP contribution is 2.19. The molecule has 0 aromatic heterocycles. The lowest BCUT2D eigenvalue weighted by molar-refractivity contribution is -0.268. The molecule has 19 heavy (non-hydrogen) atoms. The number of hydrogen-bond acceptors (Lipinski definition) is 6. The highest BCUT2D eigenvalue weighted by molar-refractivity contribution is 6.71. The van der Waals surface area contributed by atoms with Crippen molar-refractivity contribution in [3.63, 3.8) is 0 Å². The standard InChI is InChI=1S/C12H12BN2O4/c16-12-7-5-11(6-8-12)15-14-10-3-1-9(2-4-10)13(17,18)19/h1-8,16-19H/q-1/p-1. The third-order valence-electron chi connectivity index (χ3n) is 2.46. The van der Waals surface area contributed by atoms with Crippen molar-refractivity contribution in [3.8, 4) is 5.75 Å². The third kappa shape index (κ3) is 3.62. The second kappa shape index (κ2) is 5.19. The van der Waals surface area contributed by atoms with Crippen LogP contribution >= 0.6 is 0 Å². The van der Waals surface area contributed by atoms with Gasteiger partial charge in [0.25, 0.3) is 0 Å². The first-order valence-corrected chi connectivity index (χ1v) is 5.56. The highest BCUT2D eigenvalue weighted by Gasteiger charge is 2.17. The van der Waals surface area contributed by atoms with E-state index in [0.717, 1.165) is 0 Å². The van der Waals surface area contributed by atoms with E-state index in [1.54, 1.807) is 12.1 Å². The van der Waals surface area contributed by atoms with Gasteiger partial charge in [-0.15, -0.1) is 11.2 Å². The zero-order valence-corrected chi connectivity index (χ0v) is 9.84. The predicted octanol–water partition coefficient (Wildman–Crippen LogP) is 0.298. The Kier molecular flexibility index (Phi) is 3.61. The number of azo groups is 1. The maximum absolute atomic E-state index is 10.9. The lowest BCUT2D eigenvalue weighted by Crippen LogP contribution is -2.48. The number of benzene rings is 2. The minimum absolute atomic E-state index is 0.00495. The van der Waals surface area contributed by atoms with Crippen molar-refractivity contribution in [3.05, 3.63) is 48.5 Å². The Morgan fingerprint density at radius 1 is 0.737 bits per heavy atom. The van der Waals surface area contributed by atoms with Crippen LogP contribution in [0, 0.1) is 0 Å². The van der Waals surface area contributed by atoms with Crippen LogP contribution in [0.15, 0.2) is 58.8 Å². The molecule has 2 rings (SSSR count). The zero-order chi connectivity index (χ0) is 13.9. The van der Waals surface area contributed by atoms with E-state index in [9.17, 15) is 5.11 Å². The second-order valence-corrected chi connectivity index (χ2v) is 4.02. The average Bonchev–Trinajstić information content (AvgIpc) is 2.37. The molecule has 0 saturated heterocycles. The van der Waals surface area contributed by atoms with Crippen LogP contribution in [0.25, 0.3) is 0 Å². The Hall–Kier alpha value is -2.22. The van der Waals surface area contributed by atoms with Gasteiger partial charge in [0.1, 0.15) is 0 Å². The molecule has 98 valence electrons. The van der Waals surface area contributed by atoms with Crippen molar-refractivity contribution in [2.45, 2.75) is 0 Å². The zero-order valence-electron chi connectivity index (χ0n) is 9.84. The van der Waals surface area contributed by atoms with Crippen molar-refractivity contribution in [1.29, 1.82) is 0 Å². The van der Waals surface area contributed by atoms with E-state index in [-0.39, 0.29) is 11.2 Å². The van der Waals surface area contributed by atoms with Gasteiger partial charge >= 0.3 is 6.75 Å². The molecular weight excluding hydrogens is 247 g/mol. The molecule has 0 amide bonds. The summed E-state index contributed by atoms with van der Waals surface area (Å²) in [5.74, 6) is -0.101. The SMILES string of the molecule is [O-]c1ccc(N=Nc2ccc([B-](O)(O)O)cc2)cc1. The van der Waals surface area contributed by atoms with Crippen molar-refractivity contribution in [1.82, 2.24) is 0 Å². The molecule has 0 atom stereocenters. The molecule has 0 aliphatic rings.